The van der Waals surface area contributed by atoms with E-state index in [-0.39, 0.29) is 59.9 Å². The van der Waals surface area contributed by atoms with Crippen LogP contribution in [0.1, 0.15) is 93.6 Å². The number of carbonyl (C=O) groups excluding carboxylic acids is 1. The lowest BCUT2D eigenvalue weighted by atomic mass is 9.90. The van der Waals surface area contributed by atoms with Crippen LogP contribution in [0.4, 0.5) is 23.8 Å². The lowest BCUT2D eigenvalue weighted by Crippen LogP contribution is -2.57. The summed E-state index contributed by atoms with van der Waals surface area (Å²) in [5.74, 6) is 3.18. The molecule has 2 bridgehead atoms. The van der Waals surface area contributed by atoms with Gasteiger partial charge in [-0.3, -0.25) is 19.7 Å². The summed E-state index contributed by atoms with van der Waals surface area (Å²) in [5, 5.41) is 1.35. The molecule has 7 heterocycles. The summed E-state index contributed by atoms with van der Waals surface area (Å²) in [6.45, 7) is 24.8. The van der Waals surface area contributed by atoms with Crippen molar-refractivity contribution in [2.24, 2.45) is 5.92 Å². The molecule has 0 aliphatic carbocycles. The van der Waals surface area contributed by atoms with Crippen LogP contribution in [-0.2, 0) is 14.2 Å². The van der Waals surface area contributed by atoms with Crippen molar-refractivity contribution in [2.75, 3.05) is 84.4 Å². The molecule has 5 saturated heterocycles. The lowest BCUT2D eigenvalue weighted by Gasteiger charge is -2.42. The number of halogens is 3. The number of rotatable bonds is 13. The molecule has 5 aliphatic rings. The van der Waals surface area contributed by atoms with Crippen molar-refractivity contribution in [1.82, 2.24) is 29.7 Å². The van der Waals surface area contributed by atoms with E-state index in [9.17, 15) is 4.79 Å². The Bertz CT molecular complexity index is 2650. The summed E-state index contributed by atoms with van der Waals surface area (Å²) >= 11 is 0. The average Bonchev–Trinajstić information content (AvgIpc) is 3.90. The fraction of sp³-hybridized carbons (Fsp3) is 0.630. The number of carbonyl (C=O) groups is 1. The molecule has 13 nitrogen and oxygen atoms in total. The SMILES string of the molecule is COCOc1cc(-c2ncc3c(N4C[C@H]5CC[C@@H](C4)N5C(=O)OC(C)(C)C)nc(OC[C@]45C[C@@H](F)CN4C[C@@H](CN4CCOCC4)C5)nc3c2F)c2c(C#C[Si](C(C)C)(C(C)C)C(C)C)c(F)ccc2c1. The Morgan fingerprint density at radius 1 is 0.944 bits per heavy atom. The lowest BCUT2D eigenvalue weighted by molar-refractivity contribution is 0.0122. The smallest absolute Gasteiger partial charge is 0.410 e. The van der Waals surface area contributed by atoms with Gasteiger partial charge in [-0.25, -0.2) is 18.0 Å². The van der Waals surface area contributed by atoms with E-state index in [1.54, 1.807) is 24.4 Å². The zero-order valence-electron chi connectivity index (χ0n) is 43.2. The first-order valence-electron chi connectivity index (χ1n) is 25.7. The monoisotopic (exact) mass is 1000 g/mol. The highest BCUT2D eigenvalue weighted by Gasteiger charge is 2.53. The third-order valence-corrected chi connectivity index (χ3v) is 22.2. The van der Waals surface area contributed by atoms with E-state index in [0.29, 0.717) is 89.5 Å². The number of hydrogen-bond donors (Lipinski definition) is 0. The first kappa shape index (κ1) is 51.2. The normalized spacial score (nSPS) is 24.1. The molecule has 5 aliphatic heterocycles. The van der Waals surface area contributed by atoms with Crippen LogP contribution in [0.15, 0.2) is 30.5 Å². The Labute approximate surface area is 418 Å². The number of hydrogen-bond acceptors (Lipinski definition) is 12. The van der Waals surface area contributed by atoms with Crippen molar-refractivity contribution < 1.29 is 41.7 Å². The molecule has 0 radical (unpaired) electrons. The molecule has 9 rings (SSSR count). The zero-order chi connectivity index (χ0) is 50.6. The van der Waals surface area contributed by atoms with Crippen LogP contribution >= 0.6 is 0 Å². The van der Waals surface area contributed by atoms with Crippen molar-refractivity contribution in [1.29, 1.82) is 0 Å². The van der Waals surface area contributed by atoms with Gasteiger partial charge in [-0.15, -0.1) is 5.54 Å². The number of alkyl halides is 1. The number of amides is 1. The van der Waals surface area contributed by atoms with Gasteiger partial charge in [0.05, 0.1) is 41.8 Å². The molecule has 0 saturated carbocycles. The van der Waals surface area contributed by atoms with E-state index in [4.69, 9.17) is 38.6 Å². The largest absolute Gasteiger partial charge is 0.468 e. The third kappa shape index (κ3) is 10.0. The second kappa shape index (κ2) is 20.3. The number of anilines is 1. The van der Waals surface area contributed by atoms with Crippen LogP contribution in [-0.4, -0.2) is 153 Å². The standard InChI is InChI=1S/C54H72F3N7O6Si/c1-33(2)71(34(3)4,35(5)6)20-15-42-45(56)14-11-37-21-41(69-32-66-10)22-43(46(37)42)48-47(57)49-44(25-58-48)50(62-29-39-12-13-40(30-62)64(39)52(65)70-53(7,8)9)60-51(59-49)68-31-54-23-36(26-61-16-18-67-19-17-61)27-63(54)28-38(55)24-54/h11,14,21-22,25,33-36,38-40H,12-13,16-19,23-24,26-32H2,1-10H3/t36-,38-,39-,40+,54+/m1/s1. The second-order valence-corrected chi connectivity index (χ2v) is 28.2. The molecule has 71 heavy (non-hydrogen) atoms. The Morgan fingerprint density at radius 2 is 1.65 bits per heavy atom. The predicted molar refractivity (Wildman–Crippen MR) is 272 cm³/mol. The molecule has 1 amide bonds. The maximum atomic E-state index is 18.1. The van der Waals surface area contributed by atoms with Gasteiger partial charge in [0.2, 0.25) is 0 Å². The van der Waals surface area contributed by atoms with Crippen LogP contribution in [0.5, 0.6) is 11.8 Å². The molecular formula is C54H72F3N7O6Si. The zero-order valence-corrected chi connectivity index (χ0v) is 44.2. The molecule has 384 valence electrons. The van der Waals surface area contributed by atoms with Crippen molar-refractivity contribution in [3.63, 3.8) is 0 Å². The maximum absolute atomic E-state index is 18.1. The number of ether oxygens (including phenoxy) is 5. The molecule has 17 heteroatoms. The number of methoxy groups -OCH3 is 1. The van der Waals surface area contributed by atoms with Gasteiger partial charge in [0, 0.05) is 76.5 Å². The van der Waals surface area contributed by atoms with Gasteiger partial charge in [0.25, 0.3) is 0 Å². The summed E-state index contributed by atoms with van der Waals surface area (Å²) in [5.41, 5.74) is 3.65. The topological polar surface area (TPSA) is 115 Å². The maximum Gasteiger partial charge on any atom is 0.410 e. The van der Waals surface area contributed by atoms with Crippen LogP contribution in [0.3, 0.4) is 0 Å². The van der Waals surface area contributed by atoms with Crippen molar-refractivity contribution in [3.05, 3.63) is 47.7 Å². The predicted octanol–water partition coefficient (Wildman–Crippen LogP) is 9.78. The molecule has 0 spiro atoms. The number of piperazine rings is 1. The van der Waals surface area contributed by atoms with Crippen LogP contribution in [0.25, 0.3) is 32.9 Å². The van der Waals surface area contributed by atoms with Crippen molar-refractivity contribution in [3.8, 4) is 34.5 Å². The fourth-order valence-electron chi connectivity index (χ4n) is 12.9. The summed E-state index contributed by atoms with van der Waals surface area (Å²) in [7, 11) is -0.834. The van der Waals surface area contributed by atoms with Gasteiger partial charge in [-0.1, -0.05) is 53.5 Å². The summed E-state index contributed by atoms with van der Waals surface area (Å²) in [6.07, 6.45) is 2.81. The number of fused-ring (bicyclic) bond motifs is 5. The van der Waals surface area contributed by atoms with Crippen LogP contribution in [0, 0.1) is 29.0 Å². The van der Waals surface area contributed by atoms with E-state index < -0.39 is 37.0 Å². The first-order chi connectivity index (χ1) is 33.8. The highest BCUT2D eigenvalue weighted by Crippen LogP contribution is 2.46. The summed E-state index contributed by atoms with van der Waals surface area (Å²) < 4.78 is 79.4. The average molecular weight is 1000 g/mol. The number of nitrogens with zero attached hydrogens (tertiary/aromatic N) is 7. The Kier molecular flexibility index (Phi) is 14.6. The molecule has 4 aromatic rings. The quantitative estimate of drug-likeness (QED) is 0.0722. The molecule has 0 unspecified atom stereocenters. The van der Waals surface area contributed by atoms with E-state index in [1.165, 1.54) is 13.2 Å². The molecular weight excluding hydrogens is 928 g/mol. The Balaban J connectivity index is 1.16. The number of morpholine rings is 1. The van der Waals surface area contributed by atoms with Gasteiger partial charge in [0.1, 0.15) is 55.0 Å². The Hall–Kier alpha value is -4.73. The second-order valence-electron chi connectivity index (χ2n) is 22.6. The highest BCUT2D eigenvalue weighted by molar-refractivity contribution is 6.90. The van der Waals surface area contributed by atoms with Crippen molar-refractivity contribution in [2.45, 2.75) is 134 Å². The van der Waals surface area contributed by atoms with E-state index in [0.717, 1.165) is 45.4 Å². The van der Waals surface area contributed by atoms with E-state index in [2.05, 4.69) is 67.7 Å². The van der Waals surface area contributed by atoms with Gasteiger partial charge in [0.15, 0.2) is 12.6 Å². The van der Waals surface area contributed by atoms with Gasteiger partial charge in [-0.2, -0.15) is 9.97 Å². The summed E-state index contributed by atoms with van der Waals surface area (Å²) in [4.78, 5) is 36.8. The first-order valence-corrected chi connectivity index (χ1v) is 27.9. The highest BCUT2D eigenvalue weighted by atomic mass is 28.3. The number of aromatic nitrogens is 3. The van der Waals surface area contributed by atoms with E-state index >= 15 is 13.2 Å². The Morgan fingerprint density at radius 3 is 2.31 bits per heavy atom. The molecule has 5 atom stereocenters. The molecule has 5 fully saturated rings. The fourth-order valence-corrected chi connectivity index (χ4v) is 18.1. The minimum absolute atomic E-state index is 0.0380. The minimum Gasteiger partial charge on any atom is -0.468 e. The van der Waals surface area contributed by atoms with Crippen LogP contribution < -0.4 is 14.4 Å². The molecule has 2 aromatic heterocycles. The van der Waals surface area contributed by atoms with Gasteiger partial charge >= 0.3 is 12.1 Å². The van der Waals surface area contributed by atoms with Crippen molar-refractivity contribution >= 4 is 41.7 Å². The minimum atomic E-state index is -2.35. The third-order valence-electron chi connectivity index (χ3n) is 15.9. The van der Waals surface area contributed by atoms with Crippen LogP contribution in [0.2, 0.25) is 16.6 Å². The molecule has 2 aromatic carbocycles. The van der Waals surface area contributed by atoms with E-state index in [1.807, 2.05) is 25.7 Å². The van der Waals surface area contributed by atoms with Gasteiger partial charge < -0.3 is 28.6 Å². The number of pyridine rings is 1. The summed E-state index contributed by atoms with van der Waals surface area (Å²) in [6, 6.07) is 6.08. The molecule has 0 N–H and O–H groups in total. The van der Waals surface area contributed by atoms with Gasteiger partial charge in [-0.05, 0) is 86.2 Å². The number of benzene rings is 2.